The highest BCUT2D eigenvalue weighted by atomic mass is 15.1. The molecule has 0 amide bonds. The van der Waals surface area contributed by atoms with Gasteiger partial charge in [0.1, 0.15) is 5.82 Å². The Kier molecular flexibility index (Phi) is 5.12. The quantitative estimate of drug-likeness (QED) is 0.759. The van der Waals surface area contributed by atoms with E-state index in [1.165, 1.54) is 6.42 Å². The van der Waals surface area contributed by atoms with Gasteiger partial charge >= 0.3 is 0 Å². The normalized spacial score (nSPS) is 11.0. The third-order valence-corrected chi connectivity index (χ3v) is 3.15. The number of aromatic nitrogens is 2. The lowest BCUT2D eigenvalue weighted by molar-refractivity contribution is 0.396. The third-order valence-electron chi connectivity index (χ3n) is 3.15. The van der Waals surface area contributed by atoms with Crippen LogP contribution in [0.5, 0.6) is 0 Å². The zero-order valence-electron chi connectivity index (χ0n) is 12.5. The molecule has 0 saturated heterocycles. The van der Waals surface area contributed by atoms with Gasteiger partial charge in [0.25, 0.3) is 0 Å². The van der Waals surface area contributed by atoms with Crippen LogP contribution in [0.25, 0.3) is 10.9 Å². The SMILES string of the molecule is CNc1nc(NCCCCN(C)C)c2ccccc2n1. The number of anilines is 2. The Hall–Kier alpha value is -1.88. The molecule has 1 aromatic carbocycles. The van der Waals surface area contributed by atoms with Gasteiger partial charge in [-0.3, -0.25) is 0 Å². The van der Waals surface area contributed by atoms with Crippen LogP contribution in [0, 0.1) is 0 Å². The molecule has 20 heavy (non-hydrogen) atoms. The summed E-state index contributed by atoms with van der Waals surface area (Å²) in [6.07, 6.45) is 2.31. The first-order valence-electron chi connectivity index (χ1n) is 7.04. The van der Waals surface area contributed by atoms with E-state index in [4.69, 9.17) is 0 Å². The number of unbranched alkanes of at least 4 members (excludes halogenated alkanes) is 1. The molecule has 2 aromatic rings. The molecule has 0 aliphatic rings. The highest BCUT2D eigenvalue weighted by Crippen LogP contribution is 2.21. The molecule has 0 saturated carbocycles. The van der Waals surface area contributed by atoms with Gasteiger partial charge in [0, 0.05) is 19.0 Å². The van der Waals surface area contributed by atoms with E-state index in [-0.39, 0.29) is 0 Å². The minimum atomic E-state index is 0.652. The summed E-state index contributed by atoms with van der Waals surface area (Å²) in [5.74, 6) is 1.56. The molecule has 0 radical (unpaired) electrons. The third kappa shape index (κ3) is 3.81. The number of nitrogens with one attached hydrogen (secondary N) is 2. The lowest BCUT2D eigenvalue weighted by Crippen LogP contribution is -2.14. The topological polar surface area (TPSA) is 53.1 Å². The van der Waals surface area contributed by atoms with E-state index < -0.39 is 0 Å². The molecule has 0 aliphatic carbocycles. The second kappa shape index (κ2) is 7.05. The summed E-state index contributed by atoms with van der Waals surface area (Å²) in [7, 11) is 6.04. The van der Waals surface area contributed by atoms with Crippen molar-refractivity contribution in [2.75, 3.05) is 44.9 Å². The maximum Gasteiger partial charge on any atom is 0.224 e. The molecule has 0 spiro atoms. The Morgan fingerprint density at radius 1 is 1.10 bits per heavy atom. The van der Waals surface area contributed by atoms with Crippen molar-refractivity contribution in [3.8, 4) is 0 Å². The molecule has 0 bridgehead atoms. The van der Waals surface area contributed by atoms with Crippen molar-refractivity contribution < 1.29 is 0 Å². The number of rotatable bonds is 7. The Bertz CT molecular complexity index is 553. The fourth-order valence-electron chi connectivity index (χ4n) is 2.08. The van der Waals surface area contributed by atoms with Crippen molar-refractivity contribution in [2.24, 2.45) is 0 Å². The molecule has 1 aromatic heterocycles. The van der Waals surface area contributed by atoms with Crippen molar-refractivity contribution in [3.63, 3.8) is 0 Å². The van der Waals surface area contributed by atoms with Crippen LogP contribution in [0.4, 0.5) is 11.8 Å². The molecule has 0 aliphatic heterocycles. The predicted octanol–water partition coefficient (Wildman–Crippen LogP) is 2.43. The molecule has 0 atom stereocenters. The molecule has 108 valence electrons. The minimum absolute atomic E-state index is 0.652. The van der Waals surface area contributed by atoms with Gasteiger partial charge < -0.3 is 15.5 Å². The fourth-order valence-corrected chi connectivity index (χ4v) is 2.08. The van der Waals surface area contributed by atoms with Gasteiger partial charge in [0.15, 0.2) is 0 Å². The van der Waals surface area contributed by atoms with Crippen molar-refractivity contribution in [1.82, 2.24) is 14.9 Å². The number of fused-ring (bicyclic) bond motifs is 1. The minimum Gasteiger partial charge on any atom is -0.369 e. The number of nitrogens with zero attached hydrogens (tertiary/aromatic N) is 3. The first-order valence-corrected chi connectivity index (χ1v) is 7.04. The van der Waals surface area contributed by atoms with Crippen LogP contribution in [0.3, 0.4) is 0 Å². The summed E-state index contributed by atoms with van der Waals surface area (Å²) in [6.45, 7) is 2.05. The average Bonchev–Trinajstić information content (AvgIpc) is 2.46. The Morgan fingerprint density at radius 2 is 1.90 bits per heavy atom. The average molecular weight is 273 g/mol. The summed E-state index contributed by atoms with van der Waals surface area (Å²) in [5.41, 5.74) is 0.961. The largest absolute Gasteiger partial charge is 0.369 e. The van der Waals surface area contributed by atoms with Crippen LogP contribution in [0.15, 0.2) is 24.3 Å². The van der Waals surface area contributed by atoms with Gasteiger partial charge in [-0.05, 0) is 45.6 Å². The molecule has 1 heterocycles. The Labute approximate surface area is 120 Å². The van der Waals surface area contributed by atoms with E-state index in [9.17, 15) is 0 Å². The second-order valence-corrected chi connectivity index (χ2v) is 5.10. The molecular weight excluding hydrogens is 250 g/mol. The maximum atomic E-state index is 4.51. The molecule has 0 fully saturated rings. The lowest BCUT2D eigenvalue weighted by Gasteiger charge is -2.12. The van der Waals surface area contributed by atoms with Crippen LogP contribution < -0.4 is 10.6 Å². The van der Waals surface area contributed by atoms with E-state index >= 15 is 0 Å². The smallest absolute Gasteiger partial charge is 0.224 e. The molecule has 5 heteroatoms. The summed E-state index contributed by atoms with van der Waals surface area (Å²) in [6, 6.07) is 8.07. The molecule has 2 N–H and O–H groups in total. The van der Waals surface area contributed by atoms with Crippen molar-refractivity contribution in [3.05, 3.63) is 24.3 Å². The zero-order valence-corrected chi connectivity index (χ0v) is 12.5. The van der Waals surface area contributed by atoms with E-state index in [0.29, 0.717) is 5.95 Å². The van der Waals surface area contributed by atoms with Gasteiger partial charge in [-0.15, -0.1) is 0 Å². The highest BCUT2D eigenvalue weighted by molar-refractivity contribution is 5.89. The number of benzene rings is 1. The van der Waals surface area contributed by atoms with Gasteiger partial charge in [0.2, 0.25) is 5.95 Å². The van der Waals surface area contributed by atoms with Crippen molar-refractivity contribution in [1.29, 1.82) is 0 Å². The van der Waals surface area contributed by atoms with Crippen LogP contribution >= 0.6 is 0 Å². The number of hydrogen-bond acceptors (Lipinski definition) is 5. The predicted molar refractivity (Wildman–Crippen MR) is 85.4 cm³/mol. The van der Waals surface area contributed by atoms with Crippen molar-refractivity contribution >= 4 is 22.7 Å². The van der Waals surface area contributed by atoms with Crippen molar-refractivity contribution in [2.45, 2.75) is 12.8 Å². The fraction of sp³-hybridized carbons (Fsp3) is 0.467. The molecule has 0 unspecified atom stereocenters. The maximum absolute atomic E-state index is 4.51. The summed E-state index contributed by atoms with van der Waals surface area (Å²) < 4.78 is 0. The Balaban J connectivity index is 2.04. The molecule has 5 nitrogen and oxygen atoms in total. The summed E-state index contributed by atoms with van der Waals surface area (Å²) in [5, 5.41) is 7.50. The number of hydrogen-bond donors (Lipinski definition) is 2. The van der Waals surface area contributed by atoms with Crippen LogP contribution in [0.1, 0.15) is 12.8 Å². The monoisotopic (exact) mass is 273 g/mol. The van der Waals surface area contributed by atoms with Gasteiger partial charge in [-0.25, -0.2) is 4.98 Å². The number of para-hydroxylation sites is 1. The summed E-state index contributed by atoms with van der Waals surface area (Å²) in [4.78, 5) is 11.2. The molecular formula is C15H23N5. The van der Waals surface area contributed by atoms with E-state index in [1.54, 1.807) is 0 Å². The van der Waals surface area contributed by atoms with Gasteiger partial charge in [-0.1, -0.05) is 12.1 Å². The summed E-state index contributed by atoms with van der Waals surface area (Å²) >= 11 is 0. The second-order valence-electron chi connectivity index (χ2n) is 5.10. The molecule has 2 rings (SSSR count). The first kappa shape index (κ1) is 14.5. The van der Waals surface area contributed by atoms with Gasteiger partial charge in [-0.2, -0.15) is 4.98 Å². The van der Waals surface area contributed by atoms with Crippen LogP contribution in [-0.4, -0.2) is 49.1 Å². The van der Waals surface area contributed by atoms with E-state index in [1.807, 2.05) is 25.2 Å². The zero-order chi connectivity index (χ0) is 14.4. The van der Waals surface area contributed by atoms with Crippen LogP contribution in [0.2, 0.25) is 0 Å². The lowest BCUT2D eigenvalue weighted by atomic mass is 10.2. The first-order chi connectivity index (χ1) is 9.70. The Morgan fingerprint density at radius 3 is 2.65 bits per heavy atom. The van der Waals surface area contributed by atoms with Gasteiger partial charge in [0.05, 0.1) is 5.52 Å². The van der Waals surface area contributed by atoms with E-state index in [0.717, 1.165) is 36.2 Å². The van der Waals surface area contributed by atoms with Crippen LogP contribution in [-0.2, 0) is 0 Å². The van der Waals surface area contributed by atoms with E-state index in [2.05, 4.69) is 45.7 Å². The highest BCUT2D eigenvalue weighted by Gasteiger charge is 2.05. The standard InChI is InChI=1S/C15H23N5/c1-16-15-18-13-9-5-4-8-12(13)14(19-15)17-10-6-7-11-20(2)3/h4-5,8-9H,6-7,10-11H2,1-3H3,(H2,16,17,18,19).